The molecular formula is C42H39N9O10S4. The zero-order chi connectivity index (χ0) is 46.2. The van der Waals surface area contributed by atoms with Crippen LogP contribution in [0.25, 0.3) is 0 Å². The van der Waals surface area contributed by atoms with Gasteiger partial charge in [0.15, 0.2) is 49.9 Å². The monoisotopic (exact) mass is 957 g/mol. The number of thiazole rings is 2. The number of nitrogens with one attached hydrogen (secondary N) is 6. The number of aromatic amines is 1. The quantitative estimate of drug-likeness (QED) is 0.0386. The first-order valence-electron chi connectivity index (χ1n) is 18.9. The molecule has 0 saturated carbocycles. The molecule has 7 aromatic rings. The molecule has 0 saturated heterocycles. The summed E-state index contributed by atoms with van der Waals surface area (Å²) in [7, 11) is -0.417. The minimum Gasteiger partial charge on any atom is -0.493 e. The number of rotatable bonds is 17. The third kappa shape index (κ3) is 14.4. The first-order valence-corrected chi connectivity index (χ1v) is 23.3. The highest BCUT2D eigenvalue weighted by molar-refractivity contribution is 8.01. The average molecular weight is 958 g/mol. The predicted octanol–water partition coefficient (Wildman–Crippen LogP) is 7.36. The Balaban J connectivity index is 0.000000228. The van der Waals surface area contributed by atoms with Gasteiger partial charge in [-0.1, -0.05) is 59.9 Å². The van der Waals surface area contributed by atoms with Crippen molar-refractivity contribution in [1.82, 2.24) is 24.7 Å². The van der Waals surface area contributed by atoms with Crippen molar-refractivity contribution in [3.05, 3.63) is 127 Å². The number of nitrogens with zero attached hydrogens (tertiary/aromatic N) is 3. The van der Waals surface area contributed by atoms with Gasteiger partial charge in [0.2, 0.25) is 21.8 Å². The topological polar surface area (TPSA) is 254 Å². The molecule has 19 nitrogen and oxygen atoms in total. The van der Waals surface area contributed by atoms with Crippen molar-refractivity contribution in [1.29, 1.82) is 0 Å². The summed E-state index contributed by atoms with van der Waals surface area (Å²) in [5, 5.41) is 13.1. The van der Waals surface area contributed by atoms with Crippen LogP contribution in [-0.4, -0.2) is 72.5 Å². The van der Waals surface area contributed by atoms with E-state index in [9.17, 15) is 27.6 Å². The normalized spacial score (nSPS) is 10.7. The van der Waals surface area contributed by atoms with Crippen LogP contribution in [0.5, 0.6) is 34.5 Å². The Labute approximate surface area is 384 Å². The molecule has 4 amide bonds. The van der Waals surface area contributed by atoms with Crippen molar-refractivity contribution < 1.29 is 46.5 Å². The first kappa shape index (κ1) is 47.2. The van der Waals surface area contributed by atoms with Crippen molar-refractivity contribution in [2.45, 2.75) is 22.3 Å². The van der Waals surface area contributed by atoms with E-state index in [0.29, 0.717) is 60.4 Å². The highest BCUT2D eigenvalue weighted by Crippen LogP contribution is 2.38. The van der Waals surface area contributed by atoms with Crippen LogP contribution in [0, 0.1) is 0 Å². The summed E-state index contributed by atoms with van der Waals surface area (Å²) in [6.07, 6.45) is 5.48. The molecule has 6 N–H and O–H groups in total. The lowest BCUT2D eigenvalue weighted by Crippen LogP contribution is -2.29. The second kappa shape index (κ2) is 22.9. The molecule has 0 bridgehead atoms. The van der Waals surface area contributed by atoms with E-state index in [1.54, 1.807) is 116 Å². The third-order valence-corrected chi connectivity index (χ3v) is 11.6. The molecule has 23 heteroatoms. The Kier molecular flexibility index (Phi) is 16.6. The van der Waals surface area contributed by atoms with Gasteiger partial charge in [-0.25, -0.2) is 28.1 Å². The highest BCUT2D eigenvalue weighted by atomic mass is 32.2. The lowest BCUT2D eigenvalue weighted by molar-refractivity contribution is -0.133. The number of carbonyl (C=O) groups is 4. The molecule has 0 atom stereocenters. The van der Waals surface area contributed by atoms with Gasteiger partial charge in [0, 0.05) is 24.0 Å². The molecule has 0 spiro atoms. The van der Waals surface area contributed by atoms with Gasteiger partial charge in [0.25, 0.3) is 0 Å². The van der Waals surface area contributed by atoms with Gasteiger partial charge in [-0.15, -0.1) is 11.3 Å². The van der Waals surface area contributed by atoms with Gasteiger partial charge in [-0.3, -0.25) is 24.5 Å². The zero-order valence-corrected chi connectivity index (χ0v) is 37.8. The van der Waals surface area contributed by atoms with Crippen molar-refractivity contribution in [3.8, 4) is 34.5 Å². The number of H-pyrrole nitrogens is 1. The molecule has 0 radical (unpaired) electrons. The van der Waals surface area contributed by atoms with Gasteiger partial charge in [0.1, 0.15) is 6.42 Å². The molecule has 7 rings (SSSR count). The summed E-state index contributed by atoms with van der Waals surface area (Å²) in [6.45, 7) is -0.103. The number of aromatic nitrogens is 4. The Morgan fingerprint density at radius 2 is 1.20 bits per heavy atom. The molecule has 0 aliphatic carbocycles. The maximum atomic E-state index is 12.7. The van der Waals surface area contributed by atoms with Gasteiger partial charge in [-0.05, 0) is 60.3 Å². The second-order valence-corrected chi connectivity index (χ2v) is 17.8. The largest absolute Gasteiger partial charge is 0.493 e. The first-order chi connectivity index (χ1) is 31.4. The Bertz CT molecular complexity index is 2840. The van der Waals surface area contributed by atoms with E-state index in [-0.39, 0.29) is 23.8 Å². The SMILES string of the molecule is COc1ccccc1Oc1ccccc1NC(=O)C(=O)Nc1nc(CNS(C)(=O)=O)c(Sc2ncc[nH]2)s1.COc1ccccc1Oc1ccccc1NC(=O)CC(=O)Nc1nccs1. The number of imidazole rings is 1. The molecule has 0 fully saturated rings. The van der Waals surface area contributed by atoms with E-state index in [2.05, 4.69) is 45.9 Å². The second-order valence-electron chi connectivity index (χ2n) is 12.9. The van der Waals surface area contributed by atoms with Crippen LogP contribution < -0.4 is 44.9 Å². The van der Waals surface area contributed by atoms with E-state index in [1.165, 1.54) is 30.2 Å². The van der Waals surface area contributed by atoms with Crippen LogP contribution in [0.4, 0.5) is 21.6 Å². The van der Waals surface area contributed by atoms with Gasteiger partial charge in [-0.2, -0.15) is 0 Å². The zero-order valence-electron chi connectivity index (χ0n) is 34.5. The number of methoxy groups -OCH3 is 2. The van der Waals surface area contributed by atoms with Crippen molar-refractivity contribution in [2.24, 2.45) is 0 Å². The van der Waals surface area contributed by atoms with Crippen LogP contribution in [0.1, 0.15) is 12.1 Å². The molecule has 4 aromatic carbocycles. The summed E-state index contributed by atoms with van der Waals surface area (Å²) < 4.78 is 48.4. The molecule has 0 aliphatic rings. The lowest BCUT2D eigenvalue weighted by Gasteiger charge is -2.14. The smallest absolute Gasteiger partial charge is 0.315 e. The number of hydrogen-bond acceptors (Lipinski definition) is 16. The molecule has 3 heterocycles. The van der Waals surface area contributed by atoms with E-state index >= 15 is 0 Å². The maximum absolute atomic E-state index is 12.7. The van der Waals surface area contributed by atoms with E-state index in [0.717, 1.165) is 17.6 Å². The molecule has 65 heavy (non-hydrogen) atoms. The van der Waals surface area contributed by atoms with Crippen molar-refractivity contribution in [2.75, 3.05) is 41.7 Å². The molecule has 336 valence electrons. The maximum Gasteiger partial charge on any atom is 0.315 e. The molecular weight excluding hydrogens is 919 g/mol. The number of carbonyl (C=O) groups excluding carboxylic acids is 4. The van der Waals surface area contributed by atoms with Crippen LogP contribution in [0.15, 0.2) is 130 Å². The number of hydrogen-bond donors (Lipinski definition) is 6. The Morgan fingerprint density at radius 3 is 1.74 bits per heavy atom. The van der Waals surface area contributed by atoms with Gasteiger partial charge >= 0.3 is 11.8 Å². The molecule has 3 aromatic heterocycles. The summed E-state index contributed by atoms with van der Waals surface area (Å²) in [4.78, 5) is 64.8. The fraction of sp³-hybridized carbons (Fsp3) is 0.119. The fourth-order valence-electron chi connectivity index (χ4n) is 5.26. The summed E-state index contributed by atoms with van der Waals surface area (Å²) >= 11 is 3.57. The summed E-state index contributed by atoms with van der Waals surface area (Å²) in [6, 6.07) is 27.8. The van der Waals surface area contributed by atoms with E-state index < -0.39 is 33.7 Å². The van der Waals surface area contributed by atoms with Gasteiger partial charge in [0.05, 0.1) is 48.3 Å². The number of ether oxygens (including phenoxy) is 4. The number of sulfonamides is 1. The van der Waals surface area contributed by atoms with Crippen molar-refractivity contribution in [3.63, 3.8) is 0 Å². The van der Waals surface area contributed by atoms with E-state index in [4.69, 9.17) is 18.9 Å². The van der Waals surface area contributed by atoms with Crippen LogP contribution >= 0.6 is 34.4 Å². The van der Waals surface area contributed by atoms with Crippen LogP contribution in [-0.2, 0) is 35.7 Å². The van der Waals surface area contributed by atoms with E-state index in [1.807, 2.05) is 12.1 Å². The van der Waals surface area contributed by atoms with Gasteiger partial charge < -0.3 is 39.9 Å². The Hall–Kier alpha value is -7.31. The lowest BCUT2D eigenvalue weighted by atomic mass is 10.2. The predicted molar refractivity (Wildman–Crippen MR) is 247 cm³/mol. The fourth-order valence-corrected chi connectivity index (χ4v) is 8.21. The molecule has 0 aliphatic heterocycles. The Morgan fingerprint density at radius 1 is 0.662 bits per heavy atom. The summed E-state index contributed by atoms with van der Waals surface area (Å²) in [5.74, 6) is -0.0552. The van der Waals surface area contributed by atoms with Crippen molar-refractivity contribution >= 4 is 89.7 Å². The number of amides is 4. The number of anilines is 4. The average Bonchev–Trinajstić information content (AvgIpc) is 4.08. The van der Waals surface area contributed by atoms with Crippen LogP contribution in [0.2, 0.25) is 0 Å². The minimum atomic E-state index is -3.48. The third-order valence-electron chi connectivity index (χ3n) is 8.13. The molecule has 0 unspecified atom stereocenters. The highest BCUT2D eigenvalue weighted by Gasteiger charge is 2.22. The van der Waals surface area contributed by atoms with Crippen LogP contribution in [0.3, 0.4) is 0 Å². The number of benzene rings is 4. The minimum absolute atomic E-state index is 0.103. The summed E-state index contributed by atoms with van der Waals surface area (Å²) in [5.41, 5.74) is 1.09. The standard InChI is InChI=1S/C23H22N6O6S3.C19H17N3O4S/c1-34-17-9-5-6-10-18(17)35-16-8-4-3-7-14(16)27-19(30)20(31)29-23-28-15(13-26-38(2,32)33)21(37-23)36-22-24-11-12-25-22;1-25-15-8-4-5-9-16(15)26-14-7-3-2-6-13(14)21-17(23)12-18(24)22-19-20-10-11-27-19/h3-12,26H,13H2,1-2H3,(H,24,25)(H,27,30)(H,28,29,31);2-11H,12H2,1H3,(H,21,23)(H,20,22,24). The number of para-hydroxylation sites is 8.